The molecule has 9 amide bonds. The number of nitrogens with two attached hydrogens (primary N) is 4. The molecule has 0 unspecified atom stereocenters. The summed E-state index contributed by atoms with van der Waals surface area (Å²) < 4.78 is 0. The van der Waals surface area contributed by atoms with E-state index >= 15 is 0 Å². The second-order valence-corrected chi connectivity index (χ2v) is 17.4. The van der Waals surface area contributed by atoms with Crippen molar-refractivity contribution < 1.29 is 78.0 Å². The van der Waals surface area contributed by atoms with Gasteiger partial charge in [-0.1, -0.05) is 13.8 Å². The Morgan fingerprint density at radius 2 is 1.11 bits per heavy atom. The Kier molecular flexibility index (Phi) is 23.7. The monoisotopic (exact) mass is 1020 g/mol. The zero-order valence-electron chi connectivity index (χ0n) is 38.8. The molecule has 2 aliphatic heterocycles. The van der Waals surface area contributed by atoms with E-state index < -0.39 is 157 Å². The Bertz CT molecular complexity index is 2000. The molecule has 2 aliphatic rings. The molecule has 0 aliphatic carbocycles. The van der Waals surface area contributed by atoms with Gasteiger partial charge in [0.1, 0.15) is 48.3 Å². The number of rotatable bonds is 28. The van der Waals surface area contributed by atoms with E-state index in [0.29, 0.717) is 6.42 Å². The lowest BCUT2D eigenvalue weighted by Crippen LogP contribution is -2.62. The summed E-state index contributed by atoms with van der Waals surface area (Å²) in [7, 11) is 0. The van der Waals surface area contributed by atoms with Crippen molar-refractivity contribution in [2.75, 3.05) is 25.4 Å². The molecule has 0 aromatic rings. The predicted molar refractivity (Wildman–Crippen MR) is 245 cm³/mol. The number of nitrogens with zero attached hydrogens (tertiary/aromatic N) is 3. The number of thiol groups is 1. The predicted octanol–water partition coefficient (Wildman–Crippen LogP) is -6.87. The van der Waals surface area contributed by atoms with Crippen molar-refractivity contribution in [3.05, 3.63) is 0 Å². The van der Waals surface area contributed by atoms with E-state index in [1.165, 1.54) is 6.92 Å². The summed E-state index contributed by atoms with van der Waals surface area (Å²) in [6, 6.07) is -13.8. The summed E-state index contributed by atoms with van der Waals surface area (Å²) in [4.78, 5) is 161. The first-order valence-electron chi connectivity index (χ1n) is 22.2. The van der Waals surface area contributed by atoms with Gasteiger partial charge < -0.3 is 85.1 Å². The third-order valence-electron chi connectivity index (χ3n) is 11.1. The number of aliphatic imine (C=N–C) groups is 1. The maximum Gasteiger partial charge on any atom is 0.326 e. The molecule has 0 aromatic heterocycles. The number of aliphatic hydroxyl groups excluding tert-OH is 1. The average Bonchev–Trinajstić information content (AvgIpc) is 3.97. The molecule has 2 saturated heterocycles. The molecule has 2 rings (SSSR count). The molecule has 0 aromatic carbocycles. The molecule has 2 heterocycles. The third kappa shape index (κ3) is 18.3. The molecule has 0 radical (unpaired) electrons. The van der Waals surface area contributed by atoms with Crippen LogP contribution in [-0.4, -0.2) is 193 Å². The molecular weight excluding hydrogens is 951 g/mol. The molecule has 0 saturated carbocycles. The fraction of sp³-hybridized carbons (Fsp3) is 0.675. The second kappa shape index (κ2) is 28.0. The number of carboxylic acids is 3. The second-order valence-electron chi connectivity index (χ2n) is 17.0. The van der Waals surface area contributed by atoms with Crippen molar-refractivity contribution in [2.45, 2.75) is 139 Å². The molecule has 30 heteroatoms. The number of aliphatic hydroxyl groups is 1. The van der Waals surface area contributed by atoms with Crippen molar-refractivity contribution >= 4 is 89.7 Å². The van der Waals surface area contributed by atoms with Crippen LogP contribution in [0.25, 0.3) is 0 Å². The lowest BCUT2D eigenvalue weighted by Gasteiger charge is -2.33. The van der Waals surface area contributed by atoms with E-state index in [-0.39, 0.29) is 63.5 Å². The van der Waals surface area contributed by atoms with Gasteiger partial charge in [-0.15, -0.1) is 0 Å². The molecule has 392 valence electrons. The quantitative estimate of drug-likeness (QED) is 0.0150. The van der Waals surface area contributed by atoms with Crippen LogP contribution in [0.3, 0.4) is 0 Å². The summed E-state index contributed by atoms with van der Waals surface area (Å²) in [6.07, 6.45) is -3.84. The number of amides is 9. The molecule has 10 atom stereocenters. The van der Waals surface area contributed by atoms with Crippen LogP contribution in [0.4, 0.5) is 0 Å². The average molecular weight is 1020 g/mol. The van der Waals surface area contributed by atoms with Crippen molar-refractivity contribution in [1.82, 2.24) is 41.7 Å². The molecule has 2 fully saturated rings. The molecular formula is C40H65N13O16S. The SMILES string of the molecule is CC(C)[C@H](NC(=O)[C@@H]1CCCN1C(=O)[C@H](CCCN=C(N)N)NC(=O)[C@H](CC(=O)O)NC(=O)[C@@H](N)CS)C(=O)N[C@H](C(=O)N1CCC[C@H]1C(=O)N[C@@H](CC(=O)O)C(=O)N[C@@H](CC(N)=O)C(=O)O)[C@@H](C)O. The number of carboxylic acid groups (broad SMARTS) is 3. The molecule has 29 nitrogen and oxygen atoms in total. The lowest BCUT2D eigenvalue weighted by molar-refractivity contribution is -0.146. The van der Waals surface area contributed by atoms with Gasteiger partial charge in [0.2, 0.25) is 53.2 Å². The van der Waals surface area contributed by atoms with Gasteiger partial charge in [0.15, 0.2) is 5.96 Å². The number of hydrogen-bond donors (Lipinski definition) is 15. The Labute approximate surface area is 406 Å². The topological polar surface area (TPSA) is 481 Å². The number of nitrogens with one attached hydrogen (secondary N) is 6. The van der Waals surface area contributed by atoms with Crippen LogP contribution in [0.1, 0.15) is 78.6 Å². The number of guanidine groups is 1. The minimum atomic E-state index is -1.88. The highest BCUT2D eigenvalue weighted by molar-refractivity contribution is 7.80. The number of carbonyl (C=O) groups is 12. The normalized spacial score (nSPS) is 18.8. The highest BCUT2D eigenvalue weighted by Crippen LogP contribution is 2.22. The third-order valence-corrected chi connectivity index (χ3v) is 11.5. The Balaban J connectivity index is 2.32. The smallest absolute Gasteiger partial charge is 0.326 e. The lowest BCUT2D eigenvalue weighted by atomic mass is 10.0. The fourth-order valence-corrected chi connectivity index (χ4v) is 7.67. The van der Waals surface area contributed by atoms with Crippen molar-refractivity contribution in [2.24, 2.45) is 33.8 Å². The van der Waals surface area contributed by atoms with Gasteiger partial charge in [0, 0.05) is 25.4 Å². The summed E-state index contributed by atoms with van der Waals surface area (Å²) >= 11 is 3.94. The Hall–Kier alpha value is -6.82. The van der Waals surface area contributed by atoms with Crippen molar-refractivity contribution in [3.8, 4) is 0 Å². The highest BCUT2D eigenvalue weighted by atomic mass is 32.1. The van der Waals surface area contributed by atoms with Gasteiger partial charge in [0.25, 0.3) is 0 Å². The fourth-order valence-electron chi connectivity index (χ4n) is 7.51. The first-order chi connectivity index (χ1) is 32.7. The number of likely N-dealkylation sites (tertiary alicyclic amines) is 2. The van der Waals surface area contributed by atoms with E-state index in [1.807, 2.05) is 5.32 Å². The minimum absolute atomic E-state index is 0.00484. The van der Waals surface area contributed by atoms with E-state index in [9.17, 15) is 78.0 Å². The van der Waals surface area contributed by atoms with E-state index in [2.05, 4.69) is 44.2 Å². The first kappa shape index (κ1) is 59.3. The largest absolute Gasteiger partial charge is 0.481 e. The van der Waals surface area contributed by atoms with Gasteiger partial charge in [0.05, 0.1) is 31.4 Å². The summed E-state index contributed by atoms with van der Waals surface area (Å²) in [5.41, 5.74) is 21.6. The van der Waals surface area contributed by atoms with Gasteiger partial charge in [-0.25, -0.2) is 4.79 Å². The molecule has 70 heavy (non-hydrogen) atoms. The summed E-state index contributed by atoms with van der Waals surface area (Å²) in [5.74, 6) is -14.7. The van der Waals surface area contributed by atoms with Crippen LogP contribution in [0.5, 0.6) is 0 Å². The van der Waals surface area contributed by atoms with Crippen molar-refractivity contribution in [1.29, 1.82) is 0 Å². The Morgan fingerprint density at radius 1 is 0.629 bits per heavy atom. The first-order valence-corrected chi connectivity index (χ1v) is 22.8. The van der Waals surface area contributed by atoms with Gasteiger partial charge in [-0.2, -0.15) is 12.6 Å². The number of aliphatic carboxylic acids is 3. The standard InChI is InChI=1S/C40H65N13O16S/c1-17(2)29(36(65)51-30(18(3)54)38(67)53-12-6-8-24(53)34(63)48-22(15-28(58)59)33(62)49-23(39(68)69)13-26(42)55)50-35(64)25-9-5-11-52(25)37(66)20(7-4-10-45-40(43)44)46-32(61)21(14-27(56)57)47-31(60)19(41)16-70/h17-25,29-30,54,70H,4-16,41H2,1-3H3,(H2,42,55)(H,46,61)(H,47,60)(H,48,63)(H,49,62)(H,50,64)(H,51,65)(H,56,57)(H,58,59)(H,68,69)(H4,43,44,45)/t18-,19+,20+,21+,22+,23+,24+,25+,29+,30+/m1/s1. The molecule has 18 N–H and O–H groups in total. The zero-order valence-corrected chi connectivity index (χ0v) is 39.7. The molecule has 0 spiro atoms. The van der Waals surface area contributed by atoms with Gasteiger partial charge in [-0.05, 0) is 51.4 Å². The number of hydrogen-bond acceptors (Lipinski definition) is 16. The van der Waals surface area contributed by atoms with Crippen molar-refractivity contribution in [3.63, 3.8) is 0 Å². The number of primary amides is 1. The van der Waals surface area contributed by atoms with Crippen LogP contribution < -0.4 is 54.8 Å². The zero-order chi connectivity index (χ0) is 53.2. The maximum absolute atomic E-state index is 14.2. The van der Waals surface area contributed by atoms with Gasteiger partial charge in [-0.3, -0.25) is 57.7 Å². The van der Waals surface area contributed by atoms with Gasteiger partial charge >= 0.3 is 17.9 Å². The summed E-state index contributed by atoms with van der Waals surface area (Å²) in [5, 5.41) is 52.9. The van der Waals surface area contributed by atoms with Crippen LogP contribution in [0.15, 0.2) is 4.99 Å². The summed E-state index contributed by atoms with van der Waals surface area (Å²) in [6.45, 7) is 4.18. The van der Waals surface area contributed by atoms with Crippen LogP contribution in [0, 0.1) is 5.92 Å². The van der Waals surface area contributed by atoms with Crippen LogP contribution >= 0.6 is 12.6 Å². The Morgan fingerprint density at radius 3 is 1.57 bits per heavy atom. The van der Waals surface area contributed by atoms with E-state index in [0.717, 1.165) is 9.80 Å². The minimum Gasteiger partial charge on any atom is -0.481 e. The van der Waals surface area contributed by atoms with E-state index in [4.69, 9.17) is 22.9 Å². The molecule has 0 bridgehead atoms. The maximum atomic E-state index is 14.2. The van der Waals surface area contributed by atoms with Crippen LogP contribution in [0.2, 0.25) is 0 Å². The van der Waals surface area contributed by atoms with E-state index in [1.54, 1.807) is 13.8 Å². The van der Waals surface area contributed by atoms with Crippen LogP contribution in [-0.2, 0) is 57.5 Å². The number of carbonyl (C=O) groups excluding carboxylic acids is 9. The highest BCUT2D eigenvalue weighted by Gasteiger charge is 2.43.